The topological polar surface area (TPSA) is 66.4 Å². The highest BCUT2D eigenvalue weighted by Gasteiger charge is 2.06. The molecule has 0 aromatic carbocycles. The van der Waals surface area contributed by atoms with Gasteiger partial charge >= 0.3 is 5.97 Å². The average molecular weight is 395 g/mol. The summed E-state index contributed by atoms with van der Waals surface area (Å²) in [6, 6.07) is 1.88. The molecule has 2 N–H and O–H groups in total. The van der Waals surface area contributed by atoms with Crippen LogP contribution in [0.25, 0.3) is 0 Å². The van der Waals surface area contributed by atoms with Crippen LogP contribution in [0.2, 0.25) is 0 Å². The summed E-state index contributed by atoms with van der Waals surface area (Å²) in [5.74, 6) is -0.734. The molecule has 1 aromatic rings. The number of unbranched alkanes of at least 4 members (excludes halogenated alkanes) is 4. The van der Waals surface area contributed by atoms with Crippen LogP contribution in [0.4, 0.5) is 0 Å². The molecule has 0 radical (unpaired) electrons. The summed E-state index contributed by atoms with van der Waals surface area (Å²) in [7, 11) is 0. The fraction of sp³-hybridized carbons (Fsp3) is 0.538. The van der Waals surface area contributed by atoms with Gasteiger partial charge in [0, 0.05) is 18.3 Å². The summed E-state index contributed by atoms with van der Waals surface area (Å²) in [6.07, 6.45) is 4.95. The van der Waals surface area contributed by atoms with Gasteiger partial charge in [-0.3, -0.25) is 9.59 Å². The first-order valence-electron chi connectivity index (χ1n) is 6.33. The van der Waals surface area contributed by atoms with E-state index in [0.717, 1.165) is 40.6 Å². The van der Waals surface area contributed by atoms with Crippen molar-refractivity contribution in [1.29, 1.82) is 0 Å². The number of amides is 1. The first-order valence-corrected chi connectivity index (χ1v) is 8.29. The Kier molecular flexibility index (Phi) is 8.04. The predicted octanol–water partition coefficient (Wildman–Crippen LogP) is 3.51. The molecule has 0 atom stereocenters. The first kappa shape index (κ1) is 16.4. The van der Waals surface area contributed by atoms with Gasteiger partial charge in [0.25, 0.3) is 5.91 Å². The van der Waals surface area contributed by atoms with Crippen molar-refractivity contribution in [2.75, 3.05) is 6.54 Å². The Bertz CT molecular complexity index is 420. The summed E-state index contributed by atoms with van der Waals surface area (Å²) in [4.78, 5) is 22.0. The SMILES string of the molecule is O=C(O)CCCCCCCNC(=O)c1csc(I)c1. The van der Waals surface area contributed by atoms with Crippen LogP contribution < -0.4 is 5.32 Å². The Morgan fingerprint density at radius 2 is 1.89 bits per heavy atom. The highest BCUT2D eigenvalue weighted by Crippen LogP contribution is 2.16. The zero-order valence-electron chi connectivity index (χ0n) is 10.7. The van der Waals surface area contributed by atoms with Crippen LogP contribution in [0.1, 0.15) is 48.9 Å². The molecule has 0 spiro atoms. The lowest BCUT2D eigenvalue weighted by Crippen LogP contribution is -2.23. The second-order valence-electron chi connectivity index (χ2n) is 4.31. The van der Waals surface area contributed by atoms with E-state index in [1.807, 2.05) is 11.4 Å². The van der Waals surface area contributed by atoms with Crippen molar-refractivity contribution >= 4 is 45.8 Å². The molecule has 106 valence electrons. The predicted molar refractivity (Wildman–Crippen MR) is 84.7 cm³/mol. The second kappa shape index (κ2) is 9.30. The summed E-state index contributed by atoms with van der Waals surface area (Å²) in [5, 5.41) is 13.2. The van der Waals surface area contributed by atoms with E-state index in [4.69, 9.17) is 5.11 Å². The van der Waals surface area contributed by atoms with E-state index in [2.05, 4.69) is 27.9 Å². The van der Waals surface area contributed by atoms with Gasteiger partial charge in [-0.05, 0) is 41.5 Å². The highest BCUT2D eigenvalue weighted by atomic mass is 127. The number of carboxylic acids is 1. The minimum absolute atomic E-state index is 0.00922. The van der Waals surface area contributed by atoms with Crippen molar-refractivity contribution in [3.05, 3.63) is 19.9 Å². The lowest BCUT2D eigenvalue weighted by Gasteiger charge is -2.03. The van der Waals surface area contributed by atoms with Crippen molar-refractivity contribution in [2.24, 2.45) is 0 Å². The van der Waals surface area contributed by atoms with Gasteiger partial charge in [-0.1, -0.05) is 19.3 Å². The van der Waals surface area contributed by atoms with E-state index in [1.165, 1.54) is 0 Å². The molecule has 0 bridgehead atoms. The zero-order valence-corrected chi connectivity index (χ0v) is 13.6. The molecule has 1 aromatic heterocycles. The molecule has 1 amide bonds. The number of hydrogen-bond acceptors (Lipinski definition) is 3. The molecule has 6 heteroatoms. The number of hydrogen-bond donors (Lipinski definition) is 2. The van der Waals surface area contributed by atoms with Crippen LogP contribution in [0.5, 0.6) is 0 Å². The van der Waals surface area contributed by atoms with Gasteiger partial charge in [0.15, 0.2) is 0 Å². The third-order valence-corrected chi connectivity index (χ3v) is 4.47. The number of halogens is 1. The number of carbonyl (C=O) groups is 2. The zero-order chi connectivity index (χ0) is 14.1. The van der Waals surface area contributed by atoms with E-state index < -0.39 is 5.97 Å². The maximum atomic E-state index is 11.7. The number of carboxylic acid groups (broad SMARTS) is 1. The summed E-state index contributed by atoms with van der Waals surface area (Å²) in [6.45, 7) is 0.685. The highest BCUT2D eigenvalue weighted by molar-refractivity contribution is 14.1. The monoisotopic (exact) mass is 395 g/mol. The van der Waals surface area contributed by atoms with E-state index in [1.54, 1.807) is 11.3 Å². The number of nitrogens with one attached hydrogen (secondary N) is 1. The third-order valence-electron chi connectivity index (χ3n) is 2.68. The molecule has 0 aliphatic heterocycles. The van der Waals surface area contributed by atoms with Crippen LogP contribution in [-0.2, 0) is 4.79 Å². The van der Waals surface area contributed by atoms with Crippen molar-refractivity contribution in [3.8, 4) is 0 Å². The molecular formula is C13H18INO3S. The molecule has 1 rings (SSSR count). The smallest absolute Gasteiger partial charge is 0.303 e. The maximum Gasteiger partial charge on any atom is 0.303 e. The van der Waals surface area contributed by atoms with Gasteiger partial charge in [-0.15, -0.1) is 11.3 Å². The fourth-order valence-electron chi connectivity index (χ4n) is 1.66. The van der Waals surface area contributed by atoms with Crippen LogP contribution in [0.15, 0.2) is 11.4 Å². The number of rotatable bonds is 9. The molecule has 0 aliphatic carbocycles. The minimum Gasteiger partial charge on any atom is -0.481 e. The Balaban J connectivity index is 1.99. The third kappa shape index (κ3) is 7.51. The fourth-order valence-corrected chi connectivity index (χ4v) is 2.99. The van der Waals surface area contributed by atoms with Crippen molar-refractivity contribution in [3.63, 3.8) is 0 Å². The van der Waals surface area contributed by atoms with E-state index in [9.17, 15) is 9.59 Å². The number of aliphatic carboxylic acids is 1. The largest absolute Gasteiger partial charge is 0.481 e. The van der Waals surface area contributed by atoms with E-state index in [-0.39, 0.29) is 12.3 Å². The van der Waals surface area contributed by atoms with Crippen LogP contribution in [-0.4, -0.2) is 23.5 Å². The Labute approximate surface area is 130 Å². The molecule has 4 nitrogen and oxygen atoms in total. The Morgan fingerprint density at radius 3 is 2.53 bits per heavy atom. The lowest BCUT2D eigenvalue weighted by molar-refractivity contribution is -0.137. The number of carbonyl (C=O) groups excluding carboxylic acids is 1. The van der Waals surface area contributed by atoms with Gasteiger partial charge in [0.1, 0.15) is 0 Å². The van der Waals surface area contributed by atoms with Gasteiger partial charge in [-0.2, -0.15) is 0 Å². The average Bonchev–Trinajstić information content (AvgIpc) is 2.78. The van der Waals surface area contributed by atoms with Gasteiger partial charge in [0.2, 0.25) is 0 Å². The molecule has 0 aliphatic rings. The van der Waals surface area contributed by atoms with Crippen LogP contribution in [0.3, 0.4) is 0 Å². The Hall–Kier alpha value is -0.630. The van der Waals surface area contributed by atoms with E-state index >= 15 is 0 Å². The lowest BCUT2D eigenvalue weighted by atomic mass is 10.1. The van der Waals surface area contributed by atoms with Gasteiger partial charge < -0.3 is 10.4 Å². The molecule has 0 fully saturated rings. The van der Waals surface area contributed by atoms with Crippen molar-refractivity contribution in [2.45, 2.75) is 38.5 Å². The summed E-state index contributed by atoms with van der Waals surface area (Å²) >= 11 is 3.76. The first-order chi connectivity index (χ1) is 9.09. The second-order valence-corrected chi connectivity index (χ2v) is 7.11. The van der Waals surface area contributed by atoms with Gasteiger partial charge in [-0.25, -0.2) is 0 Å². The molecule has 0 unspecified atom stereocenters. The number of thiophene rings is 1. The minimum atomic E-state index is -0.724. The molecule has 1 heterocycles. The molecule has 0 saturated heterocycles. The molecule has 19 heavy (non-hydrogen) atoms. The summed E-state index contributed by atoms with van der Waals surface area (Å²) < 4.78 is 1.11. The summed E-state index contributed by atoms with van der Waals surface area (Å²) in [5.41, 5.74) is 0.732. The molecule has 0 saturated carbocycles. The molecular weight excluding hydrogens is 377 g/mol. The van der Waals surface area contributed by atoms with E-state index in [0.29, 0.717) is 6.54 Å². The standard InChI is InChI=1S/C13H18INO3S/c14-11-8-10(9-19-11)13(18)15-7-5-3-1-2-4-6-12(16)17/h8-9H,1-7H2,(H,15,18)(H,16,17). The maximum absolute atomic E-state index is 11.7. The quantitative estimate of drug-likeness (QED) is 0.497. The normalized spacial score (nSPS) is 10.4. The van der Waals surface area contributed by atoms with Crippen molar-refractivity contribution < 1.29 is 14.7 Å². The Morgan fingerprint density at radius 1 is 1.21 bits per heavy atom. The van der Waals surface area contributed by atoms with Crippen LogP contribution >= 0.6 is 33.9 Å². The van der Waals surface area contributed by atoms with Crippen LogP contribution in [0, 0.1) is 2.88 Å². The van der Waals surface area contributed by atoms with Crippen molar-refractivity contribution in [1.82, 2.24) is 5.32 Å². The van der Waals surface area contributed by atoms with Gasteiger partial charge in [0.05, 0.1) is 8.45 Å².